The topological polar surface area (TPSA) is 209 Å². The number of aliphatic hydroxyl groups excluding tert-OH is 6. The molecule has 0 aliphatic carbocycles. The minimum Gasteiger partial charge on any atom is -0.394 e. The third kappa shape index (κ3) is 6.32. The van der Waals surface area contributed by atoms with E-state index in [-0.39, 0.29) is 18.0 Å². The van der Waals surface area contributed by atoms with E-state index in [0.29, 0.717) is 0 Å². The van der Waals surface area contributed by atoms with Crippen molar-refractivity contribution in [3.63, 3.8) is 0 Å². The summed E-state index contributed by atoms with van der Waals surface area (Å²) in [5.41, 5.74) is 4.63. The van der Waals surface area contributed by atoms with Crippen LogP contribution >= 0.6 is 0 Å². The maximum atomic E-state index is 11.5. The van der Waals surface area contributed by atoms with Crippen molar-refractivity contribution in [1.82, 2.24) is 9.55 Å². The van der Waals surface area contributed by atoms with Crippen molar-refractivity contribution >= 4 is 11.6 Å². The summed E-state index contributed by atoms with van der Waals surface area (Å²) in [6.07, 6.45) is -5.72. The molecule has 12 heteroatoms. The molecule has 27 heavy (non-hydrogen) atoms. The largest absolute Gasteiger partial charge is 0.394 e. The Morgan fingerprint density at radius 2 is 1.93 bits per heavy atom. The quantitative estimate of drug-likeness (QED) is 0.249. The van der Waals surface area contributed by atoms with E-state index in [0.717, 1.165) is 4.57 Å². The summed E-state index contributed by atoms with van der Waals surface area (Å²) in [7, 11) is 0. The number of rotatable bonds is 6. The predicted octanol–water partition coefficient (Wildman–Crippen LogP) is -3.88. The van der Waals surface area contributed by atoms with E-state index in [4.69, 9.17) is 30.9 Å². The van der Waals surface area contributed by atoms with E-state index in [1.807, 2.05) is 0 Å². The summed E-state index contributed by atoms with van der Waals surface area (Å²) in [5, 5.41) is 54.0. The highest BCUT2D eigenvalue weighted by molar-refractivity contribution is 5.76. The number of carbonyl (C=O) groups excluding carboxylic acids is 1. The number of hydrogen-bond donors (Lipinski definition) is 7. The molecule has 0 spiro atoms. The molecule has 1 aliphatic rings. The zero-order chi connectivity index (χ0) is 20.7. The summed E-state index contributed by atoms with van der Waals surface area (Å²) in [4.78, 5) is 25.3. The first-order chi connectivity index (χ1) is 12.6. The Hall–Kier alpha value is -1.93. The summed E-state index contributed by atoms with van der Waals surface area (Å²) in [6.45, 7) is 0.341. The monoisotopic (exact) mass is 391 g/mol. The second-order valence-electron chi connectivity index (χ2n) is 5.99. The molecule has 154 valence electrons. The van der Waals surface area contributed by atoms with Gasteiger partial charge in [0.15, 0.2) is 6.23 Å². The lowest BCUT2D eigenvalue weighted by Crippen LogP contribution is -2.36. The molecular formula is C15H25N3O9. The van der Waals surface area contributed by atoms with Gasteiger partial charge >= 0.3 is 5.69 Å². The summed E-state index contributed by atoms with van der Waals surface area (Å²) in [5.74, 6) is -0.155. The Balaban J connectivity index is 0.000000314. The minimum atomic E-state index is -1.31. The lowest BCUT2D eigenvalue weighted by molar-refractivity contribution is -0.121. The van der Waals surface area contributed by atoms with Crippen LogP contribution in [-0.4, -0.2) is 89.7 Å². The Kier molecular flexibility index (Phi) is 8.92. The number of ketones is 1. The number of nitrogen functional groups attached to an aromatic ring is 1. The van der Waals surface area contributed by atoms with Crippen LogP contribution in [0.25, 0.3) is 0 Å². The third-order valence-electron chi connectivity index (χ3n) is 3.77. The van der Waals surface area contributed by atoms with Gasteiger partial charge in [-0.15, -0.1) is 0 Å². The third-order valence-corrected chi connectivity index (χ3v) is 3.77. The molecule has 0 radical (unpaired) electrons. The molecule has 1 aliphatic heterocycles. The van der Waals surface area contributed by atoms with Crippen LogP contribution in [0.2, 0.25) is 0 Å². The van der Waals surface area contributed by atoms with Crippen molar-refractivity contribution in [1.29, 1.82) is 0 Å². The first-order valence-electron chi connectivity index (χ1n) is 8.05. The van der Waals surface area contributed by atoms with Gasteiger partial charge in [-0.3, -0.25) is 9.36 Å². The average Bonchev–Trinajstić information content (AvgIpc) is 2.89. The van der Waals surface area contributed by atoms with Crippen LogP contribution in [0.15, 0.2) is 17.1 Å². The number of hydrogen-bond acceptors (Lipinski definition) is 11. The molecule has 0 aromatic carbocycles. The summed E-state index contributed by atoms with van der Waals surface area (Å²) in [6, 6.07) is 1.37. The number of aliphatic hydroxyl groups is 6. The molecule has 2 heterocycles. The fourth-order valence-corrected chi connectivity index (χ4v) is 2.28. The van der Waals surface area contributed by atoms with E-state index in [1.165, 1.54) is 19.2 Å². The molecule has 1 aromatic heterocycles. The molecule has 0 saturated carbocycles. The number of nitrogens with zero attached hydrogens (tertiary/aromatic N) is 2. The van der Waals surface area contributed by atoms with Gasteiger partial charge in [0.1, 0.15) is 36.0 Å². The summed E-state index contributed by atoms with van der Waals surface area (Å²) < 4.78 is 6.19. The van der Waals surface area contributed by atoms with Crippen molar-refractivity contribution in [2.75, 3.05) is 18.9 Å². The molecule has 8 N–H and O–H groups in total. The van der Waals surface area contributed by atoms with Crippen LogP contribution in [0.3, 0.4) is 0 Å². The van der Waals surface area contributed by atoms with Crippen molar-refractivity contribution in [2.24, 2.45) is 0 Å². The lowest BCUT2D eigenvalue weighted by Gasteiger charge is -2.16. The van der Waals surface area contributed by atoms with Gasteiger partial charge in [0.2, 0.25) is 0 Å². The molecule has 12 nitrogen and oxygen atoms in total. The Morgan fingerprint density at radius 3 is 2.37 bits per heavy atom. The van der Waals surface area contributed by atoms with E-state index >= 15 is 0 Å². The summed E-state index contributed by atoms with van der Waals surface area (Å²) >= 11 is 0. The van der Waals surface area contributed by atoms with Crippen LogP contribution in [0.4, 0.5) is 5.82 Å². The molecule has 0 amide bonds. The zero-order valence-corrected chi connectivity index (χ0v) is 14.6. The molecule has 1 fully saturated rings. The van der Waals surface area contributed by atoms with Gasteiger partial charge in [0, 0.05) is 12.6 Å². The SMILES string of the molecule is CC(=O)CC(O)C(O)CO.Nc1ccn([C@@H]2O[C@H](CO)[C@@H](O)[C@H]2O)c(=O)n1. The van der Waals surface area contributed by atoms with Crippen LogP contribution in [-0.2, 0) is 9.53 Å². The van der Waals surface area contributed by atoms with Crippen LogP contribution < -0.4 is 11.4 Å². The number of aromatic nitrogens is 2. The Morgan fingerprint density at radius 1 is 1.30 bits per heavy atom. The van der Waals surface area contributed by atoms with Crippen molar-refractivity contribution < 1.29 is 40.2 Å². The van der Waals surface area contributed by atoms with E-state index in [1.54, 1.807) is 0 Å². The molecule has 1 aromatic rings. The molecule has 6 atom stereocenters. The first-order valence-corrected chi connectivity index (χ1v) is 8.05. The highest BCUT2D eigenvalue weighted by Crippen LogP contribution is 2.27. The van der Waals surface area contributed by atoms with Crippen LogP contribution in [0.5, 0.6) is 0 Å². The molecule has 2 unspecified atom stereocenters. The van der Waals surface area contributed by atoms with Crippen molar-refractivity contribution in [3.05, 3.63) is 22.7 Å². The molecule has 2 rings (SSSR count). The van der Waals surface area contributed by atoms with E-state index in [9.17, 15) is 19.8 Å². The highest BCUT2D eigenvalue weighted by Gasteiger charge is 2.43. The number of nitrogens with two attached hydrogens (primary N) is 1. The van der Waals surface area contributed by atoms with Gasteiger partial charge in [-0.25, -0.2) is 4.79 Å². The van der Waals surface area contributed by atoms with Gasteiger partial charge in [-0.05, 0) is 13.0 Å². The minimum absolute atomic E-state index is 0.0537. The average molecular weight is 391 g/mol. The number of Topliss-reactive ketones (excluding diaryl/α,β-unsaturated/α-hetero) is 1. The fraction of sp³-hybridized carbons (Fsp3) is 0.667. The van der Waals surface area contributed by atoms with E-state index in [2.05, 4.69) is 4.98 Å². The van der Waals surface area contributed by atoms with Gasteiger partial charge < -0.3 is 41.1 Å². The van der Waals surface area contributed by atoms with Crippen molar-refractivity contribution in [2.45, 2.75) is 50.1 Å². The molecular weight excluding hydrogens is 366 g/mol. The maximum Gasteiger partial charge on any atom is 0.351 e. The fourth-order valence-electron chi connectivity index (χ4n) is 2.28. The number of ether oxygens (including phenoxy) is 1. The van der Waals surface area contributed by atoms with Crippen LogP contribution in [0.1, 0.15) is 19.6 Å². The zero-order valence-electron chi connectivity index (χ0n) is 14.6. The normalized spacial score (nSPS) is 26.8. The second-order valence-corrected chi connectivity index (χ2v) is 5.99. The standard InChI is InChI=1S/C9H13N3O5.C6H12O4/c10-5-1-2-12(9(16)11-5)8-7(15)6(14)4(3-13)17-8;1-4(8)2-5(9)6(10)3-7/h1-2,4,6-8,13-15H,3H2,(H2,10,11,16);5-7,9-10H,2-3H2,1H3/t4-,6-,7-,8-;/m1./s1. The first kappa shape index (κ1) is 23.1. The van der Waals surface area contributed by atoms with Gasteiger partial charge in [-0.1, -0.05) is 0 Å². The lowest BCUT2D eigenvalue weighted by atomic mass is 10.1. The number of carbonyl (C=O) groups is 1. The van der Waals surface area contributed by atoms with Gasteiger partial charge in [0.05, 0.1) is 19.3 Å². The van der Waals surface area contributed by atoms with E-state index < -0.39 is 55.7 Å². The molecule has 0 bridgehead atoms. The number of anilines is 1. The predicted molar refractivity (Wildman–Crippen MR) is 90.3 cm³/mol. The smallest absolute Gasteiger partial charge is 0.351 e. The maximum absolute atomic E-state index is 11.5. The van der Waals surface area contributed by atoms with Gasteiger partial charge in [0.25, 0.3) is 0 Å². The Labute approximate surface area is 154 Å². The van der Waals surface area contributed by atoms with Crippen LogP contribution in [0, 0.1) is 0 Å². The molecule has 1 saturated heterocycles. The van der Waals surface area contributed by atoms with Gasteiger partial charge in [-0.2, -0.15) is 4.98 Å². The highest BCUT2D eigenvalue weighted by atomic mass is 16.6. The second kappa shape index (κ2) is 10.4. The Bertz CT molecular complexity index is 668. The van der Waals surface area contributed by atoms with Crippen molar-refractivity contribution in [3.8, 4) is 0 Å².